The molecule has 1 aromatic carbocycles. The van der Waals surface area contributed by atoms with Gasteiger partial charge in [0.05, 0.1) is 13.2 Å². The molecule has 0 spiro atoms. The summed E-state index contributed by atoms with van der Waals surface area (Å²) >= 11 is 0. The van der Waals surface area contributed by atoms with Crippen LogP contribution in [0.1, 0.15) is 5.56 Å². The van der Waals surface area contributed by atoms with Gasteiger partial charge in [-0.15, -0.1) is 0 Å². The van der Waals surface area contributed by atoms with E-state index in [1.54, 1.807) is 0 Å². The number of morpholine rings is 1. The van der Waals surface area contributed by atoms with E-state index >= 15 is 0 Å². The quantitative estimate of drug-likeness (QED) is 0.564. The van der Waals surface area contributed by atoms with Crippen molar-refractivity contribution in [3.8, 4) is 0 Å². The fraction of sp³-hybridized carbons (Fsp3) is 0.455. The van der Waals surface area contributed by atoms with Gasteiger partial charge in [0.1, 0.15) is 19.6 Å². The molecule has 0 atom stereocenters. The number of anilines is 1. The van der Waals surface area contributed by atoms with E-state index in [4.69, 9.17) is 10.5 Å². The summed E-state index contributed by atoms with van der Waals surface area (Å²) in [4.78, 5) is 0. The molecule has 0 saturated carbocycles. The zero-order valence-corrected chi connectivity index (χ0v) is 8.72. The molecule has 0 bridgehead atoms. The van der Waals surface area contributed by atoms with Crippen molar-refractivity contribution in [2.24, 2.45) is 0 Å². The maximum atomic E-state index is 10.2. The third kappa shape index (κ3) is 2.68. The summed E-state index contributed by atoms with van der Waals surface area (Å²) < 4.78 is 5.30. The lowest BCUT2D eigenvalue weighted by Gasteiger charge is -2.33. The molecule has 0 unspecified atom stereocenters. The van der Waals surface area contributed by atoms with Gasteiger partial charge in [-0.1, -0.05) is 12.1 Å². The van der Waals surface area contributed by atoms with Crippen molar-refractivity contribution in [3.63, 3.8) is 0 Å². The summed E-state index contributed by atoms with van der Waals surface area (Å²) in [5.74, 6) is 0. The molecule has 4 nitrogen and oxygen atoms in total. The molecule has 1 aliphatic heterocycles. The summed E-state index contributed by atoms with van der Waals surface area (Å²) in [6.07, 6.45) is 0. The van der Waals surface area contributed by atoms with Crippen LogP contribution in [-0.4, -0.2) is 36.2 Å². The molecular formula is C11H17N2O2+. The van der Waals surface area contributed by atoms with E-state index in [0.717, 1.165) is 11.3 Å². The van der Waals surface area contributed by atoms with Crippen LogP contribution in [0.15, 0.2) is 24.3 Å². The van der Waals surface area contributed by atoms with Crippen LogP contribution < -0.4 is 5.73 Å². The van der Waals surface area contributed by atoms with Gasteiger partial charge in [-0.3, -0.25) is 0 Å². The number of benzene rings is 1. The molecule has 3 N–H and O–H groups in total. The van der Waals surface area contributed by atoms with Crippen LogP contribution in [0, 0.1) is 0 Å². The van der Waals surface area contributed by atoms with Crippen LogP contribution >= 0.6 is 0 Å². The van der Waals surface area contributed by atoms with Gasteiger partial charge in [-0.25, -0.2) is 5.21 Å². The van der Waals surface area contributed by atoms with Crippen molar-refractivity contribution in [1.82, 2.24) is 0 Å². The zero-order valence-electron chi connectivity index (χ0n) is 8.72. The number of hydrogen-bond donors (Lipinski definition) is 2. The molecule has 15 heavy (non-hydrogen) atoms. The number of quaternary nitrogens is 1. The van der Waals surface area contributed by atoms with Crippen LogP contribution in [0.2, 0.25) is 0 Å². The minimum Gasteiger partial charge on any atom is -0.399 e. The van der Waals surface area contributed by atoms with Crippen LogP contribution in [0.25, 0.3) is 0 Å². The van der Waals surface area contributed by atoms with Crippen LogP contribution in [0.5, 0.6) is 0 Å². The summed E-state index contributed by atoms with van der Waals surface area (Å²) in [6, 6.07) is 7.64. The van der Waals surface area contributed by atoms with Crippen molar-refractivity contribution in [2.45, 2.75) is 6.54 Å². The first kappa shape index (κ1) is 10.4. The van der Waals surface area contributed by atoms with E-state index in [-0.39, 0.29) is 4.65 Å². The van der Waals surface area contributed by atoms with Gasteiger partial charge in [-0.2, -0.15) is 4.65 Å². The number of nitrogens with zero attached hydrogens (tertiary/aromatic N) is 1. The minimum absolute atomic E-state index is 0.0733. The van der Waals surface area contributed by atoms with Gasteiger partial charge >= 0.3 is 0 Å². The fourth-order valence-corrected chi connectivity index (χ4v) is 1.80. The first-order valence-electron chi connectivity index (χ1n) is 5.19. The predicted molar refractivity (Wildman–Crippen MR) is 57.2 cm³/mol. The van der Waals surface area contributed by atoms with E-state index in [1.807, 2.05) is 24.3 Å². The highest BCUT2D eigenvalue weighted by molar-refractivity contribution is 5.39. The molecule has 2 rings (SSSR count). The minimum atomic E-state index is 0.0733. The molecule has 0 radical (unpaired) electrons. The SMILES string of the molecule is Nc1ccc(C[N+]2(O)CCOCC2)cc1. The second-order valence-electron chi connectivity index (χ2n) is 4.05. The number of nitrogens with two attached hydrogens (primary N) is 1. The Kier molecular flexibility index (Phi) is 2.90. The summed E-state index contributed by atoms with van der Waals surface area (Å²) in [6.45, 7) is 3.20. The Balaban J connectivity index is 2.03. The lowest BCUT2D eigenvalue weighted by Crippen LogP contribution is -2.51. The summed E-state index contributed by atoms with van der Waals surface area (Å²) in [5, 5.41) is 10.2. The van der Waals surface area contributed by atoms with Gasteiger partial charge < -0.3 is 10.5 Å². The smallest absolute Gasteiger partial charge is 0.134 e. The van der Waals surface area contributed by atoms with Crippen LogP contribution in [0.3, 0.4) is 0 Å². The molecule has 1 aliphatic rings. The number of rotatable bonds is 2. The second kappa shape index (κ2) is 4.18. The monoisotopic (exact) mass is 209 g/mol. The van der Waals surface area contributed by atoms with Crippen LogP contribution in [0.4, 0.5) is 5.69 Å². The Bertz CT molecular complexity index is 318. The Morgan fingerprint density at radius 2 is 1.80 bits per heavy atom. The van der Waals surface area contributed by atoms with Gasteiger partial charge in [0.25, 0.3) is 0 Å². The maximum Gasteiger partial charge on any atom is 0.134 e. The van der Waals surface area contributed by atoms with E-state index in [0.29, 0.717) is 32.8 Å². The average molecular weight is 209 g/mol. The maximum absolute atomic E-state index is 10.2. The van der Waals surface area contributed by atoms with Gasteiger partial charge in [-0.05, 0) is 12.1 Å². The number of hydroxylamine groups is 3. The molecule has 1 fully saturated rings. The lowest BCUT2D eigenvalue weighted by molar-refractivity contribution is -1.12. The summed E-state index contributed by atoms with van der Waals surface area (Å²) in [5.41, 5.74) is 7.47. The third-order valence-corrected chi connectivity index (χ3v) is 2.76. The van der Waals surface area contributed by atoms with Crippen molar-refractivity contribution in [2.75, 3.05) is 32.0 Å². The van der Waals surface area contributed by atoms with E-state index in [1.165, 1.54) is 0 Å². The second-order valence-corrected chi connectivity index (χ2v) is 4.05. The van der Waals surface area contributed by atoms with E-state index in [9.17, 15) is 5.21 Å². The normalized spacial score (nSPS) is 20.1. The Hall–Kier alpha value is -1.10. The van der Waals surface area contributed by atoms with Crippen molar-refractivity contribution < 1.29 is 14.6 Å². The van der Waals surface area contributed by atoms with Gasteiger partial charge in [0, 0.05) is 11.3 Å². The Labute approximate surface area is 89.4 Å². The molecule has 0 aliphatic carbocycles. The lowest BCUT2D eigenvalue weighted by atomic mass is 10.2. The molecular weight excluding hydrogens is 192 g/mol. The zero-order chi connectivity index (χ0) is 10.7. The third-order valence-electron chi connectivity index (χ3n) is 2.76. The van der Waals surface area contributed by atoms with Crippen molar-refractivity contribution in [3.05, 3.63) is 29.8 Å². The van der Waals surface area contributed by atoms with E-state index < -0.39 is 0 Å². The van der Waals surface area contributed by atoms with E-state index in [2.05, 4.69) is 0 Å². The molecule has 1 saturated heterocycles. The van der Waals surface area contributed by atoms with Gasteiger partial charge in [0.15, 0.2) is 0 Å². The largest absolute Gasteiger partial charge is 0.399 e. The summed E-state index contributed by atoms with van der Waals surface area (Å²) in [7, 11) is 0. The molecule has 4 heteroatoms. The fourth-order valence-electron chi connectivity index (χ4n) is 1.80. The average Bonchev–Trinajstić information content (AvgIpc) is 2.22. The predicted octanol–water partition coefficient (Wildman–Crippen LogP) is 1.00. The first-order chi connectivity index (χ1) is 7.18. The van der Waals surface area contributed by atoms with Crippen LogP contribution in [-0.2, 0) is 11.3 Å². The van der Waals surface area contributed by atoms with Crippen molar-refractivity contribution >= 4 is 5.69 Å². The highest BCUT2D eigenvalue weighted by Crippen LogP contribution is 2.15. The number of nitrogen functional groups attached to an aromatic ring is 1. The highest BCUT2D eigenvalue weighted by atomic mass is 16.6. The van der Waals surface area contributed by atoms with Gasteiger partial charge in [0.2, 0.25) is 0 Å². The Morgan fingerprint density at radius 3 is 2.40 bits per heavy atom. The molecule has 1 aromatic rings. The molecule has 0 amide bonds. The number of hydrogen-bond acceptors (Lipinski definition) is 3. The topological polar surface area (TPSA) is 55.5 Å². The number of ether oxygens (including phenoxy) is 1. The standard InChI is InChI=1S/C11H17N2O2/c12-11-3-1-10(2-4-11)9-13(14)5-7-15-8-6-13/h1-4,14H,5-9,12H2/q+1. The molecule has 82 valence electrons. The molecule has 0 aromatic heterocycles. The Morgan fingerprint density at radius 1 is 1.20 bits per heavy atom. The molecule has 1 heterocycles. The highest BCUT2D eigenvalue weighted by Gasteiger charge is 2.28. The first-order valence-corrected chi connectivity index (χ1v) is 5.19. The van der Waals surface area contributed by atoms with Crippen molar-refractivity contribution in [1.29, 1.82) is 0 Å².